The van der Waals surface area contributed by atoms with E-state index in [9.17, 15) is 4.79 Å². The van der Waals surface area contributed by atoms with Crippen molar-refractivity contribution < 1.29 is 9.53 Å². The zero-order chi connectivity index (χ0) is 27.5. The average Bonchev–Trinajstić information content (AvgIpc) is 3.31. The van der Waals surface area contributed by atoms with Crippen LogP contribution in [0.1, 0.15) is 38.3 Å². The highest BCUT2D eigenvalue weighted by Crippen LogP contribution is 2.46. The molecule has 1 aromatic heterocycles. The number of pyridine rings is 1. The van der Waals surface area contributed by atoms with E-state index in [1.54, 1.807) is 18.3 Å². The van der Waals surface area contributed by atoms with Gasteiger partial charge in [0.25, 0.3) is 0 Å². The maximum atomic E-state index is 13.1. The summed E-state index contributed by atoms with van der Waals surface area (Å²) >= 11 is 0. The number of anilines is 2. The van der Waals surface area contributed by atoms with Gasteiger partial charge in [-0.2, -0.15) is 0 Å². The molecule has 0 saturated carbocycles. The highest BCUT2D eigenvalue weighted by molar-refractivity contribution is 5.95. The van der Waals surface area contributed by atoms with Crippen molar-refractivity contribution in [2.75, 3.05) is 23.9 Å². The predicted octanol–water partition coefficient (Wildman–Crippen LogP) is 6.82. The molecule has 1 aliphatic heterocycles. The minimum atomic E-state index is -1.12. The van der Waals surface area contributed by atoms with Crippen LogP contribution in [0.3, 0.4) is 0 Å². The molecule has 0 bridgehead atoms. The third-order valence-electron chi connectivity index (χ3n) is 7.47. The van der Waals surface area contributed by atoms with Gasteiger partial charge in [-0.3, -0.25) is 4.98 Å². The van der Waals surface area contributed by atoms with Crippen LogP contribution >= 0.6 is 0 Å². The molecule has 0 aliphatic carbocycles. The van der Waals surface area contributed by atoms with Gasteiger partial charge in [0.15, 0.2) is 0 Å². The van der Waals surface area contributed by atoms with Gasteiger partial charge in [-0.05, 0) is 47.5 Å². The highest BCUT2D eigenvalue weighted by Gasteiger charge is 2.50. The number of fused-ring (bicyclic) bond motifs is 1. The van der Waals surface area contributed by atoms with E-state index in [2.05, 4.69) is 82.7 Å². The van der Waals surface area contributed by atoms with Gasteiger partial charge in [0.2, 0.25) is 5.60 Å². The number of benzene rings is 4. The Morgan fingerprint density at radius 3 is 1.70 bits per heavy atom. The predicted molar refractivity (Wildman–Crippen MR) is 160 cm³/mol. The molecular formula is C35H31N3O2. The lowest BCUT2D eigenvalue weighted by Crippen LogP contribution is -2.30. The molecule has 2 heterocycles. The molecule has 5 heteroatoms. The Hall–Kier alpha value is -4.90. The minimum Gasteiger partial charge on any atom is -0.439 e. The molecule has 198 valence electrons. The second-order valence-electron chi connectivity index (χ2n) is 10.3. The summed E-state index contributed by atoms with van der Waals surface area (Å²) in [7, 11) is 4.01. The monoisotopic (exact) mass is 525 g/mol. The number of carbonyl (C=O) groups excluding carboxylic acids is 1. The van der Waals surface area contributed by atoms with Gasteiger partial charge in [-0.15, -0.1) is 0 Å². The molecule has 0 fully saturated rings. The first-order valence-corrected chi connectivity index (χ1v) is 13.4. The van der Waals surface area contributed by atoms with Crippen molar-refractivity contribution in [3.8, 4) is 0 Å². The van der Waals surface area contributed by atoms with Crippen molar-refractivity contribution in [3.05, 3.63) is 161 Å². The smallest absolute Gasteiger partial charge is 0.341 e. The lowest BCUT2D eigenvalue weighted by Gasteiger charge is -2.31. The zero-order valence-corrected chi connectivity index (χ0v) is 22.7. The quantitative estimate of drug-likeness (QED) is 0.208. The largest absolute Gasteiger partial charge is 0.439 e. The molecule has 0 saturated heterocycles. The first kappa shape index (κ1) is 25.4. The van der Waals surface area contributed by atoms with Gasteiger partial charge in [0.1, 0.15) is 5.69 Å². The number of esters is 1. The Labute approximate surface area is 235 Å². The minimum absolute atomic E-state index is 0.362. The molecule has 0 amide bonds. The van der Waals surface area contributed by atoms with Crippen LogP contribution in [0.5, 0.6) is 0 Å². The maximum absolute atomic E-state index is 13.1. The SMILES string of the molecule is CN(C)c1ccc(C2(c3ccc(N(Cc4ccccc4)Cc4ccccc4)cc3)OC(=O)c3cccnc32)cc1. The number of cyclic esters (lactones) is 1. The normalized spacial score (nSPS) is 15.8. The summed E-state index contributed by atoms with van der Waals surface area (Å²) in [6.07, 6.45) is 1.72. The van der Waals surface area contributed by atoms with E-state index in [0.29, 0.717) is 11.3 Å². The standard InChI is InChI=1S/C35H31N3O2/c1-37(2)30-19-15-28(16-20-30)35(33-32(34(39)40-35)14-9-23-36-33)29-17-21-31(22-18-29)38(24-26-10-5-3-6-11-26)25-27-12-7-4-8-13-27/h3-23H,24-25H2,1-2H3. The number of carbonyl (C=O) groups is 1. The summed E-state index contributed by atoms with van der Waals surface area (Å²) in [5.41, 5.74) is 6.35. The van der Waals surface area contributed by atoms with Crippen molar-refractivity contribution in [3.63, 3.8) is 0 Å². The van der Waals surface area contributed by atoms with Crippen molar-refractivity contribution in [1.29, 1.82) is 0 Å². The van der Waals surface area contributed by atoms with E-state index in [-0.39, 0.29) is 5.97 Å². The summed E-state index contributed by atoms with van der Waals surface area (Å²) in [6, 6.07) is 41.0. The van der Waals surface area contributed by atoms with Crippen molar-refractivity contribution in [2.45, 2.75) is 18.7 Å². The van der Waals surface area contributed by atoms with Gasteiger partial charge in [0, 0.05) is 55.9 Å². The number of rotatable bonds is 8. The van der Waals surface area contributed by atoms with Gasteiger partial charge >= 0.3 is 5.97 Å². The van der Waals surface area contributed by atoms with Crippen LogP contribution in [0.2, 0.25) is 0 Å². The average molecular weight is 526 g/mol. The molecular weight excluding hydrogens is 494 g/mol. The molecule has 1 atom stereocenters. The summed E-state index contributed by atoms with van der Waals surface area (Å²) in [6.45, 7) is 1.54. The molecule has 40 heavy (non-hydrogen) atoms. The fourth-order valence-electron chi connectivity index (χ4n) is 5.40. The molecule has 0 radical (unpaired) electrons. The van der Waals surface area contributed by atoms with Crippen LogP contribution in [0.25, 0.3) is 0 Å². The van der Waals surface area contributed by atoms with E-state index < -0.39 is 5.60 Å². The topological polar surface area (TPSA) is 45.7 Å². The molecule has 5 aromatic rings. The van der Waals surface area contributed by atoms with Crippen LogP contribution in [0.4, 0.5) is 11.4 Å². The number of hydrogen-bond donors (Lipinski definition) is 0. The second kappa shape index (κ2) is 10.7. The van der Waals surface area contributed by atoms with Crippen molar-refractivity contribution in [1.82, 2.24) is 4.98 Å². The molecule has 6 rings (SSSR count). The van der Waals surface area contributed by atoms with E-state index in [0.717, 1.165) is 35.6 Å². The van der Waals surface area contributed by atoms with Gasteiger partial charge in [-0.25, -0.2) is 4.79 Å². The van der Waals surface area contributed by atoms with Crippen LogP contribution in [0.15, 0.2) is 128 Å². The Balaban J connectivity index is 1.42. The van der Waals surface area contributed by atoms with E-state index in [1.807, 2.05) is 55.4 Å². The Morgan fingerprint density at radius 1 is 0.650 bits per heavy atom. The van der Waals surface area contributed by atoms with Gasteiger partial charge < -0.3 is 14.5 Å². The number of ether oxygens (including phenoxy) is 1. The zero-order valence-electron chi connectivity index (χ0n) is 22.7. The Bertz CT molecular complexity index is 1560. The molecule has 4 aromatic carbocycles. The fourth-order valence-corrected chi connectivity index (χ4v) is 5.40. The number of aromatic nitrogens is 1. The first-order chi connectivity index (χ1) is 19.5. The molecule has 0 spiro atoms. The number of nitrogens with zero attached hydrogens (tertiary/aromatic N) is 3. The third-order valence-corrected chi connectivity index (χ3v) is 7.47. The van der Waals surface area contributed by atoms with Crippen LogP contribution < -0.4 is 9.80 Å². The lowest BCUT2D eigenvalue weighted by molar-refractivity contribution is 0.0243. The van der Waals surface area contributed by atoms with E-state index in [1.165, 1.54) is 11.1 Å². The summed E-state index contributed by atoms with van der Waals surface area (Å²) < 4.78 is 6.25. The molecule has 1 aliphatic rings. The Morgan fingerprint density at radius 2 is 1.18 bits per heavy atom. The van der Waals surface area contributed by atoms with Gasteiger partial charge in [0.05, 0.1) is 5.56 Å². The number of hydrogen-bond acceptors (Lipinski definition) is 5. The third kappa shape index (κ3) is 4.71. The van der Waals surface area contributed by atoms with Crippen LogP contribution in [-0.4, -0.2) is 25.0 Å². The van der Waals surface area contributed by atoms with Crippen LogP contribution in [-0.2, 0) is 23.4 Å². The van der Waals surface area contributed by atoms with E-state index >= 15 is 0 Å². The van der Waals surface area contributed by atoms with E-state index in [4.69, 9.17) is 4.74 Å². The Kier molecular flexibility index (Phi) is 6.79. The van der Waals surface area contributed by atoms with Crippen molar-refractivity contribution >= 4 is 17.3 Å². The summed E-state index contributed by atoms with van der Waals surface area (Å²) in [5.74, 6) is -0.362. The summed E-state index contributed by atoms with van der Waals surface area (Å²) in [5, 5.41) is 0. The highest BCUT2D eigenvalue weighted by atomic mass is 16.6. The fraction of sp³-hybridized carbons (Fsp3) is 0.143. The lowest BCUT2D eigenvalue weighted by atomic mass is 9.82. The van der Waals surface area contributed by atoms with Crippen molar-refractivity contribution in [2.24, 2.45) is 0 Å². The van der Waals surface area contributed by atoms with Gasteiger partial charge in [-0.1, -0.05) is 84.9 Å². The molecule has 5 nitrogen and oxygen atoms in total. The summed E-state index contributed by atoms with van der Waals surface area (Å²) in [4.78, 5) is 22.2. The first-order valence-electron chi connectivity index (χ1n) is 13.4. The maximum Gasteiger partial charge on any atom is 0.341 e. The van der Waals surface area contributed by atoms with Crippen LogP contribution in [0, 0.1) is 0 Å². The molecule has 0 N–H and O–H groups in total. The second-order valence-corrected chi connectivity index (χ2v) is 10.3. The molecule has 1 unspecified atom stereocenters.